The van der Waals surface area contributed by atoms with Gasteiger partial charge in [0.25, 0.3) is 5.69 Å². The summed E-state index contributed by atoms with van der Waals surface area (Å²) in [6.45, 7) is 7.00. The Labute approximate surface area is 208 Å². The van der Waals surface area contributed by atoms with Crippen molar-refractivity contribution in [1.29, 1.82) is 0 Å². The van der Waals surface area contributed by atoms with Crippen molar-refractivity contribution in [3.8, 4) is 10.6 Å². The lowest BCUT2D eigenvalue weighted by Gasteiger charge is -2.22. The van der Waals surface area contributed by atoms with Crippen LogP contribution in [0.1, 0.15) is 31.7 Å². The molecule has 1 aliphatic rings. The van der Waals surface area contributed by atoms with Crippen LogP contribution < -0.4 is 15.4 Å². The summed E-state index contributed by atoms with van der Waals surface area (Å²) >= 11 is 1.63. The first-order valence-electron chi connectivity index (χ1n) is 12.0. The van der Waals surface area contributed by atoms with Crippen LogP contribution in [0.2, 0.25) is 0 Å². The molecule has 0 aliphatic heterocycles. The highest BCUT2D eigenvalue weighted by Gasteiger charge is 2.38. The summed E-state index contributed by atoms with van der Waals surface area (Å²) in [4.78, 5) is 14.5. The molecular formula is C26H31N6O2S+. The van der Waals surface area contributed by atoms with Gasteiger partial charge in [0.05, 0.1) is 21.5 Å². The fourth-order valence-corrected chi connectivity index (χ4v) is 5.99. The summed E-state index contributed by atoms with van der Waals surface area (Å²) in [5, 5.41) is 27.7. The van der Waals surface area contributed by atoms with Crippen LogP contribution in [-0.2, 0) is 6.54 Å². The number of para-hydroxylation sites is 1. The van der Waals surface area contributed by atoms with Gasteiger partial charge in [0, 0.05) is 29.5 Å². The van der Waals surface area contributed by atoms with Crippen molar-refractivity contribution in [2.75, 3.05) is 17.2 Å². The number of nitrogens with zero attached hydrogens (tertiary/aromatic N) is 4. The molecule has 3 heterocycles. The largest absolute Gasteiger partial charge is 0.396 e. The van der Waals surface area contributed by atoms with Crippen molar-refractivity contribution < 1.29 is 15.0 Å². The first-order valence-corrected chi connectivity index (χ1v) is 12.8. The number of aliphatic hydroxyl groups is 1. The highest BCUT2D eigenvalue weighted by molar-refractivity contribution is 7.21. The third-order valence-electron chi connectivity index (χ3n) is 7.27. The van der Waals surface area contributed by atoms with Gasteiger partial charge in [-0.2, -0.15) is 4.98 Å². The molecule has 0 radical (unpaired) electrons. The molecule has 182 valence electrons. The van der Waals surface area contributed by atoms with E-state index in [0.29, 0.717) is 30.0 Å². The van der Waals surface area contributed by atoms with E-state index in [9.17, 15) is 10.3 Å². The molecule has 1 aromatic carbocycles. The number of nitrogens with one attached hydrogen (secondary N) is 2. The Morgan fingerprint density at radius 2 is 1.86 bits per heavy atom. The molecule has 1 aliphatic carbocycles. The van der Waals surface area contributed by atoms with Crippen LogP contribution in [-0.4, -0.2) is 37.9 Å². The van der Waals surface area contributed by atoms with Gasteiger partial charge in [-0.3, -0.25) is 5.21 Å². The fraction of sp³-hybridized carbons (Fsp3) is 0.385. The van der Waals surface area contributed by atoms with Crippen molar-refractivity contribution in [1.82, 2.24) is 15.0 Å². The minimum absolute atomic E-state index is 0.186. The highest BCUT2D eigenvalue weighted by atomic mass is 32.1. The maximum Gasteiger partial charge on any atom is 0.253 e. The van der Waals surface area contributed by atoms with E-state index >= 15 is 0 Å². The number of rotatable bonds is 7. The summed E-state index contributed by atoms with van der Waals surface area (Å²) in [5.74, 6) is 2.30. The molecule has 0 amide bonds. The Morgan fingerprint density at radius 3 is 2.60 bits per heavy atom. The second-order valence-electron chi connectivity index (χ2n) is 9.38. The Hall–Kier alpha value is -3.30. The van der Waals surface area contributed by atoms with E-state index in [1.807, 2.05) is 37.3 Å². The van der Waals surface area contributed by atoms with E-state index in [4.69, 9.17) is 15.0 Å². The molecule has 4 unspecified atom stereocenters. The average Bonchev–Trinajstić information content (AvgIpc) is 3.39. The van der Waals surface area contributed by atoms with Crippen molar-refractivity contribution in [3.63, 3.8) is 0 Å². The van der Waals surface area contributed by atoms with Crippen molar-refractivity contribution in [3.05, 3.63) is 60.0 Å². The molecule has 5 rings (SSSR count). The zero-order valence-electron chi connectivity index (χ0n) is 20.1. The van der Waals surface area contributed by atoms with E-state index in [1.54, 1.807) is 23.6 Å². The fourth-order valence-electron chi connectivity index (χ4n) is 4.93. The minimum atomic E-state index is 0.186. The van der Waals surface area contributed by atoms with Crippen LogP contribution in [0.25, 0.3) is 20.8 Å². The molecule has 9 heteroatoms. The van der Waals surface area contributed by atoms with Crippen LogP contribution in [0, 0.1) is 24.7 Å². The summed E-state index contributed by atoms with van der Waals surface area (Å²) in [6.07, 6.45) is 2.48. The first kappa shape index (κ1) is 23.4. The molecular weight excluding hydrogens is 460 g/mol. The SMILES string of the molecule is Cc1nc(NCc2cccc[n+]2O)nc(NC2CC(CO)C(C)C2C)c1-c1nc2ccccc2s1. The Morgan fingerprint density at radius 1 is 1.06 bits per heavy atom. The standard InChI is InChI=1S/C26H31N6O2S/c1-15-16(2)21(12-18(15)14-33)29-24-23(25-30-20-9-4-5-10-22(20)35-25)17(3)28-26(31-24)27-13-19-8-6-7-11-32(19)34/h4-11,15-16,18,21,33-34H,12-14H2,1-3H3,(H2,27,28,29,31)/q+1. The number of aromatic nitrogens is 4. The number of hydrogen-bond acceptors (Lipinski definition) is 8. The van der Waals surface area contributed by atoms with Crippen molar-refractivity contribution in [2.24, 2.45) is 17.8 Å². The third kappa shape index (κ3) is 4.66. The maximum atomic E-state index is 10.0. The number of benzene rings is 1. The summed E-state index contributed by atoms with van der Waals surface area (Å²) < 4.78 is 2.21. The maximum absolute atomic E-state index is 10.0. The van der Waals surface area contributed by atoms with Gasteiger partial charge >= 0.3 is 0 Å². The van der Waals surface area contributed by atoms with Gasteiger partial charge in [-0.25, -0.2) is 9.97 Å². The van der Waals surface area contributed by atoms with Gasteiger partial charge in [-0.05, 0) is 49.3 Å². The number of hydrogen-bond donors (Lipinski definition) is 4. The van der Waals surface area contributed by atoms with Crippen molar-refractivity contribution in [2.45, 2.75) is 39.8 Å². The van der Waals surface area contributed by atoms with Gasteiger partial charge in [0.2, 0.25) is 12.1 Å². The highest BCUT2D eigenvalue weighted by Crippen LogP contribution is 2.41. The molecule has 4 N–H and O–H groups in total. The topological polar surface area (TPSA) is 107 Å². The predicted molar refractivity (Wildman–Crippen MR) is 137 cm³/mol. The molecule has 4 atom stereocenters. The molecule has 8 nitrogen and oxygen atoms in total. The van der Waals surface area contributed by atoms with Gasteiger partial charge in [0.1, 0.15) is 17.4 Å². The lowest BCUT2D eigenvalue weighted by Crippen LogP contribution is -2.35. The van der Waals surface area contributed by atoms with Crippen LogP contribution in [0.4, 0.5) is 11.8 Å². The summed E-state index contributed by atoms with van der Waals surface area (Å²) in [5.41, 5.74) is 3.38. The van der Waals surface area contributed by atoms with Crippen LogP contribution in [0.15, 0.2) is 48.7 Å². The van der Waals surface area contributed by atoms with Crippen LogP contribution in [0.5, 0.6) is 0 Å². The Balaban J connectivity index is 1.52. The predicted octanol–water partition coefficient (Wildman–Crippen LogP) is 4.26. The normalized spacial score (nSPS) is 21.9. The molecule has 4 aromatic rings. The second kappa shape index (κ2) is 9.75. The number of aryl methyl sites for hydroxylation is 1. The van der Waals surface area contributed by atoms with E-state index in [-0.39, 0.29) is 18.6 Å². The Bertz CT molecular complexity index is 1310. The van der Waals surface area contributed by atoms with E-state index in [2.05, 4.69) is 30.5 Å². The van der Waals surface area contributed by atoms with Crippen LogP contribution in [0.3, 0.4) is 0 Å². The smallest absolute Gasteiger partial charge is 0.253 e. The minimum Gasteiger partial charge on any atom is -0.396 e. The first-order chi connectivity index (χ1) is 16.9. The summed E-state index contributed by atoms with van der Waals surface area (Å²) in [6, 6.07) is 13.8. The zero-order valence-corrected chi connectivity index (χ0v) is 21.0. The lowest BCUT2D eigenvalue weighted by molar-refractivity contribution is -0.909. The van der Waals surface area contributed by atoms with Crippen LogP contribution >= 0.6 is 11.3 Å². The third-order valence-corrected chi connectivity index (χ3v) is 8.32. The Kier molecular flexibility index (Phi) is 6.53. The average molecular weight is 492 g/mol. The number of thiazole rings is 1. The van der Waals surface area contributed by atoms with Gasteiger partial charge in [-0.1, -0.05) is 26.0 Å². The van der Waals surface area contributed by atoms with Gasteiger partial charge < -0.3 is 15.7 Å². The van der Waals surface area contributed by atoms with E-state index in [1.165, 1.54) is 0 Å². The van der Waals surface area contributed by atoms with Gasteiger partial charge in [0.15, 0.2) is 0 Å². The molecule has 35 heavy (non-hydrogen) atoms. The number of aliphatic hydroxyl groups excluding tert-OH is 1. The lowest BCUT2D eigenvalue weighted by atomic mass is 9.92. The van der Waals surface area contributed by atoms with Gasteiger partial charge in [-0.15, -0.1) is 11.3 Å². The molecule has 0 bridgehead atoms. The van der Waals surface area contributed by atoms with Crippen molar-refractivity contribution >= 4 is 33.3 Å². The molecule has 1 saturated carbocycles. The number of anilines is 2. The number of pyridine rings is 1. The molecule has 0 spiro atoms. The summed E-state index contributed by atoms with van der Waals surface area (Å²) in [7, 11) is 0. The zero-order chi connectivity index (χ0) is 24.5. The second-order valence-corrected chi connectivity index (χ2v) is 10.4. The molecule has 3 aromatic heterocycles. The van der Waals surface area contributed by atoms with E-state index in [0.717, 1.165) is 43.5 Å². The van der Waals surface area contributed by atoms with E-state index < -0.39 is 0 Å². The molecule has 0 saturated heterocycles. The monoisotopic (exact) mass is 491 g/mol. The molecule has 1 fully saturated rings. The number of fused-ring (bicyclic) bond motifs is 1. The quantitative estimate of drug-likeness (QED) is 0.226.